The van der Waals surface area contributed by atoms with Crippen LogP contribution < -0.4 is 5.73 Å². The summed E-state index contributed by atoms with van der Waals surface area (Å²) in [6.45, 7) is 0.493. The molecule has 0 aromatic carbocycles. The summed E-state index contributed by atoms with van der Waals surface area (Å²) in [6.07, 6.45) is 3.30. The lowest BCUT2D eigenvalue weighted by atomic mass is 10.5. The third-order valence-electron chi connectivity index (χ3n) is 1.51. The molecule has 1 heterocycles. The summed E-state index contributed by atoms with van der Waals surface area (Å²) in [7, 11) is 1.35. The molecule has 0 unspecified atom stereocenters. The first-order valence-corrected chi connectivity index (χ1v) is 3.55. The van der Waals surface area contributed by atoms with Gasteiger partial charge >= 0.3 is 5.97 Å². The van der Waals surface area contributed by atoms with Crippen LogP contribution >= 0.6 is 0 Å². The van der Waals surface area contributed by atoms with Crippen LogP contribution in [0.4, 0.5) is 0 Å². The largest absolute Gasteiger partial charge is 0.468 e. The maximum atomic E-state index is 10.8. The minimum absolute atomic E-state index is 0.170. The van der Waals surface area contributed by atoms with Gasteiger partial charge in [-0.3, -0.25) is 4.79 Å². The third kappa shape index (κ3) is 1.82. The zero-order valence-electron chi connectivity index (χ0n) is 6.86. The Morgan fingerprint density at radius 2 is 2.58 bits per heavy atom. The summed E-state index contributed by atoms with van der Waals surface area (Å²) in [5.41, 5.74) is 5.38. The predicted octanol–water partition coefficient (Wildman–Crippen LogP) is -0.485. The molecule has 0 saturated carbocycles. The van der Waals surface area contributed by atoms with E-state index in [-0.39, 0.29) is 12.5 Å². The molecule has 1 aromatic heterocycles. The van der Waals surface area contributed by atoms with Gasteiger partial charge in [0.05, 0.1) is 13.7 Å². The summed E-state index contributed by atoms with van der Waals surface area (Å²) in [6, 6.07) is 0. The average Bonchev–Trinajstić information content (AvgIpc) is 2.51. The van der Waals surface area contributed by atoms with E-state index < -0.39 is 0 Å². The Balaban J connectivity index is 2.68. The number of aromatic nitrogens is 2. The standard InChI is InChI=1S/C7H11N3O2/c1-12-7(11)5-10-3-2-9-6(10)4-8/h2-3H,4-5,8H2,1H3. The van der Waals surface area contributed by atoms with Gasteiger partial charge < -0.3 is 15.0 Å². The van der Waals surface area contributed by atoms with Gasteiger partial charge in [0.1, 0.15) is 12.4 Å². The lowest BCUT2D eigenvalue weighted by Gasteiger charge is -2.03. The molecule has 5 nitrogen and oxygen atoms in total. The van der Waals surface area contributed by atoms with Gasteiger partial charge in [-0.25, -0.2) is 4.98 Å². The Morgan fingerprint density at radius 3 is 3.17 bits per heavy atom. The molecule has 2 N–H and O–H groups in total. The molecule has 0 amide bonds. The first-order valence-electron chi connectivity index (χ1n) is 3.55. The van der Waals surface area contributed by atoms with Crippen molar-refractivity contribution in [3.05, 3.63) is 18.2 Å². The maximum Gasteiger partial charge on any atom is 0.325 e. The van der Waals surface area contributed by atoms with Gasteiger partial charge in [-0.05, 0) is 0 Å². The molecule has 0 radical (unpaired) electrons. The van der Waals surface area contributed by atoms with Crippen LogP contribution in [0.25, 0.3) is 0 Å². The number of carbonyl (C=O) groups excluding carboxylic acids is 1. The molecule has 5 heteroatoms. The molecule has 66 valence electrons. The van der Waals surface area contributed by atoms with Gasteiger partial charge in [-0.15, -0.1) is 0 Å². The Bertz CT molecular complexity index is 269. The number of hydrogen-bond acceptors (Lipinski definition) is 4. The zero-order chi connectivity index (χ0) is 8.97. The topological polar surface area (TPSA) is 70.1 Å². The van der Waals surface area contributed by atoms with Crippen LogP contribution in [0, 0.1) is 0 Å². The van der Waals surface area contributed by atoms with E-state index in [9.17, 15) is 4.79 Å². The predicted molar refractivity (Wildman–Crippen MR) is 42.1 cm³/mol. The summed E-state index contributed by atoms with van der Waals surface area (Å²) in [4.78, 5) is 14.8. The molecule has 0 bridgehead atoms. The van der Waals surface area contributed by atoms with Crippen molar-refractivity contribution in [1.82, 2.24) is 9.55 Å². The number of imidazole rings is 1. The molecule has 12 heavy (non-hydrogen) atoms. The lowest BCUT2D eigenvalue weighted by molar-refractivity contribution is -0.141. The molecule has 0 spiro atoms. The number of esters is 1. The summed E-state index contributed by atoms with van der Waals surface area (Å²) < 4.78 is 6.15. The average molecular weight is 169 g/mol. The van der Waals surface area contributed by atoms with Crippen molar-refractivity contribution in [1.29, 1.82) is 0 Å². The SMILES string of the molecule is COC(=O)Cn1ccnc1CN. The number of methoxy groups -OCH3 is 1. The quantitative estimate of drug-likeness (QED) is 0.620. The van der Waals surface area contributed by atoms with Gasteiger partial charge in [-0.1, -0.05) is 0 Å². The number of nitrogens with two attached hydrogens (primary N) is 1. The Kier molecular flexibility index (Phi) is 2.82. The number of nitrogens with zero attached hydrogens (tertiary/aromatic N) is 2. The van der Waals surface area contributed by atoms with E-state index in [1.54, 1.807) is 17.0 Å². The molecule has 0 aliphatic heterocycles. The summed E-state index contributed by atoms with van der Waals surface area (Å²) in [5, 5.41) is 0. The first-order chi connectivity index (χ1) is 5.77. The van der Waals surface area contributed by atoms with E-state index in [1.807, 2.05) is 0 Å². The van der Waals surface area contributed by atoms with E-state index in [4.69, 9.17) is 5.73 Å². The third-order valence-corrected chi connectivity index (χ3v) is 1.51. The summed E-state index contributed by atoms with van der Waals surface area (Å²) >= 11 is 0. The number of ether oxygens (including phenoxy) is 1. The molecular weight excluding hydrogens is 158 g/mol. The second kappa shape index (κ2) is 3.87. The van der Waals surface area contributed by atoms with Crippen LogP contribution in [0.5, 0.6) is 0 Å². The van der Waals surface area contributed by atoms with Gasteiger partial charge in [0.2, 0.25) is 0 Å². The van der Waals surface area contributed by atoms with Crippen LogP contribution in [0.2, 0.25) is 0 Å². The van der Waals surface area contributed by atoms with Crippen LogP contribution in [-0.2, 0) is 22.6 Å². The van der Waals surface area contributed by atoms with Crippen LogP contribution in [0.15, 0.2) is 12.4 Å². The fourth-order valence-electron chi connectivity index (χ4n) is 0.878. The highest BCUT2D eigenvalue weighted by molar-refractivity contribution is 5.69. The monoisotopic (exact) mass is 169 g/mol. The van der Waals surface area contributed by atoms with Crippen molar-refractivity contribution in [3.63, 3.8) is 0 Å². The lowest BCUT2D eigenvalue weighted by Crippen LogP contribution is -2.15. The van der Waals surface area contributed by atoms with E-state index in [0.717, 1.165) is 0 Å². The van der Waals surface area contributed by atoms with E-state index in [1.165, 1.54) is 7.11 Å². The molecule has 0 atom stereocenters. The highest BCUT2D eigenvalue weighted by Crippen LogP contribution is 1.96. The highest BCUT2D eigenvalue weighted by Gasteiger charge is 2.05. The van der Waals surface area contributed by atoms with Crippen molar-refractivity contribution >= 4 is 5.97 Å². The van der Waals surface area contributed by atoms with Crippen molar-refractivity contribution in [3.8, 4) is 0 Å². The highest BCUT2D eigenvalue weighted by atomic mass is 16.5. The number of carbonyl (C=O) groups is 1. The van der Waals surface area contributed by atoms with Gasteiger partial charge in [0.25, 0.3) is 0 Å². The first kappa shape index (κ1) is 8.73. The fraction of sp³-hybridized carbons (Fsp3) is 0.429. The van der Waals surface area contributed by atoms with Crippen LogP contribution in [-0.4, -0.2) is 22.6 Å². The normalized spacial score (nSPS) is 9.83. The van der Waals surface area contributed by atoms with Gasteiger partial charge in [0.15, 0.2) is 0 Å². The van der Waals surface area contributed by atoms with E-state index >= 15 is 0 Å². The van der Waals surface area contributed by atoms with Crippen LogP contribution in [0.1, 0.15) is 5.82 Å². The molecule has 0 aliphatic rings. The number of hydrogen-bond donors (Lipinski definition) is 1. The van der Waals surface area contributed by atoms with E-state index in [0.29, 0.717) is 12.4 Å². The Labute approximate surface area is 70.1 Å². The Hall–Kier alpha value is -1.36. The number of rotatable bonds is 3. The van der Waals surface area contributed by atoms with E-state index in [2.05, 4.69) is 9.72 Å². The molecule has 0 aliphatic carbocycles. The molecule has 1 rings (SSSR count). The minimum Gasteiger partial charge on any atom is -0.468 e. The molecule has 0 saturated heterocycles. The molecule has 0 fully saturated rings. The molecule has 1 aromatic rings. The second-order valence-corrected chi connectivity index (χ2v) is 2.25. The minimum atomic E-state index is -0.303. The summed E-state index contributed by atoms with van der Waals surface area (Å²) in [5.74, 6) is 0.378. The van der Waals surface area contributed by atoms with Crippen molar-refractivity contribution < 1.29 is 9.53 Å². The van der Waals surface area contributed by atoms with Crippen LogP contribution in [0.3, 0.4) is 0 Å². The Morgan fingerprint density at radius 1 is 1.83 bits per heavy atom. The smallest absolute Gasteiger partial charge is 0.325 e. The second-order valence-electron chi connectivity index (χ2n) is 2.25. The maximum absolute atomic E-state index is 10.8. The van der Waals surface area contributed by atoms with Crippen molar-refractivity contribution in [2.75, 3.05) is 7.11 Å². The fourth-order valence-corrected chi connectivity index (χ4v) is 0.878. The van der Waals surface area contributed by atoms with Crippen molar-refractivity contribution in [2.24, 2.45) is 5.73 Å². The zero-order valence-corrected chi connectivity index (χ0v) is 6.86. The molecular formula is C7H11N3O2. The van der Waals surface area contributed by atoms with Gasteiger partial charge in [-0.2, -0.15) is 0 Å². The van der Waals surface area contributed by atoms with Gasteiger partial charge in [0, 0.05) is 12.4 Å². The van der Waals surface area contributed by atoms with Crippen molar-refractivity contribution in [2.45, 2.75) is 13.1 Å².